The molecule has 0 saturated carbocycles. The monoisotopic (exact) mass is 210 g/mol. The van der Waals surface area contributed by atoms with Gasteiger partial charge in [-0.15, -0.1) is 0 Å². The molecule has 0 amide bonds. The van der Waals surface area contributed by atoms with Crippen LogP contribution in [0.4, 0.5) is 0 Å². The molecule has 1 atom stereocenters. The minimum absolute atomic E-state index is 0.0520. The summed E-state index contributed by atoms with van der Waals surface area (Å²) in [5, 5.41) is 10.7. The quantitative estimate of drug-likeness (QED) is 0.826. The highest BCUT2D eigenvalue weighted by Crippen LogP contribution is 2.32. The van der Waals surface area contributed by atoms with Gasteiger partial charge in [-0.25, -0.2) is 0 Å². The van der Waals surface area contributed by atoms with E-state index in [0.717, 1.165) is 16.5 Å². The number of furan rings is 1. The molecule has 2 rings (SSSR count). The highest BCUT2D eigenvalue weighted by molar-refractivity contribution is 6.35. The van der Waals surface area contributed by atoms with Crippen molar-refractivity contribution in [2.45, 2.75) is 12.8 Å². The van der Waals surface area contributed by atoms with Crippen LogP contribution in [0.1, 0.15) is 18.4 Å². The molecule has 1 heterocycles. The smallest absolute Gasteiger partial charge is 0.135 e. The second-order valence-electron chi connectivity index (χ2n) is 3.39. The Kier molecular flexibility index (Phi) is 2.48. The summed E-state index contributed by atoms with van der Waals surface area (Å²) in [4.78, 5) is 0. The predicted molar refractivity (Wildman–Crippen MR) is 56.7 cm³/mol. The van der Waals surface area contributed by atoms with Gasteiger partial charge in [0.1, 0.15) is 5.58 Å². The van der Waals surface area contributed by atoms with E-state index in [-0.39, 0.29) is 12.5 Å². The Balaban J connectivity index is 2.67. The lowest BCUT2D eigenvalue weighted by molar-refractivity contribution is 0.273. The summed E-state index contributed by atoms with van der Waals surface area (Å²) < 4.78 is 5.36. The third-order valence-corrected chi connectivity index (χ3v) is 2.70. The highest BCUT2D eigenvalue weighted by atomic mass is 35.5. The molecule has 2 aromatic rings. The minimum atomic E-state index is 0.0520. The summed E-state index contributed by atoms with van der Waals surface area (Å²) in [5.74, 6) is 0.0520. The molecule has 2 nitrogen and oxygen atoms in total. The van der Waals surface area contributed by atoms with Gasteiger partial charge in [-0.2, -0.15) is 0 Å². The maximum atomic E-state index is 9.07. The van der Waals surface area contributed by atoms with Crippen LogP contribution < -0.4 is 0 Å². The number of aliphatic hydroxyl groups excluding tert-OH is 1. The Bertz CT molecular complexity index is 447. The lowest BCUT2D eigenvalue weighted by Gasteiger charge is -2.05. The van der Waals surface area contributed by atoms with E-state index in [1.807, 2.05) is 25.1 Å². The molecule has 0 spiro atoms. The molecule has 1 N–H and O–H groups in total. The molecule has 0 bridgehead atoms. The molecule has 0 radical (unpaired) electrons. The lowest BCUT2D eigenvalue weighted by Crippen LogP contribution is -1.97. The van der Waals surface area contributed by atoms with E-state index in [1.165, 1.54) is 0 Å². The maximum absolute atomic E-state index is 9.07. The normalized spacial score (nSPS) is 13.4. The maximum Gasteiger partial charge on any atom is 0.135 e. The van der Waals surface area contributed by atoms with Gasteiger partial charge in [0.15, 0.2) is 0 Å². The molecular formula is C11H11ClO2. The fraction of sp³-hybridized carbons (Fsp3) is 0.273. The molecule has 3 heteroatoms. The summed E-state index contributed by atoms with van der Waals surface area (Å²) in [6, 6.07) is 5.55. The number of fused-ring (bicyclic) bond motifs is 1. The standard InChI is InChI=1S/C11H11ClO2/c1-7(5-13)8-6-14-10-4-2-3-9(12)11(8)10/h2-4,6-7,13H,5H2,1H3. The van der Waals surface area contributed by atoms with E-state index in [9.17, 15) is 0 Å². The summed E-state index contributed by atoms with van der Waals surface area (Å²) in [6.07, 6.45) is 1.66. The van der Waals surface area contributed by atoms with Gasteiger partial charge in [-0.1, -0.05) is 24.6 Å². The Morgan fingerprint density at radius 2 is 2.29 bits per heavy atom. The van der Waals surface area contributed by atoms with E-state index in [2.05, 4.69) is 0 Å². The zero-order chi connectivity index (χ0) is 10.1. The average molecular weight is 211 g/mol. The number of rotatable bonds is 2. The third kappa shape index (κ3) is 1.41. The van der Waals surface area contributed by atoms with Crippen molar-refractivity contribution in [2.75, 3.05) is 6.61 Å². The SMILES string of the molecule is CC(CO)c1coc2cccc(Cl)c12. The van der Waals surface area contributed by atoms with Crippen molar-refractivity contribution in [2.24, 2.45) is 0 Å². The van der Waals surface area contributed by atoms with Crippen molar-refractivity contribution in [1.29, 1.82) is 0 Å². The Morgan fingerprint density at radius 1 is 1.50 bits per heavy atom. The third-order valence-electron chi connectivity index (χ3n) is 2.38. The molecule has 0 fully saturated rings. The van der Waals surface area contributed by atoms with Crippen LogP contribution in [0.3, 0.4) is 0 Å². The minimum Gasteiger partial charge on any atom is -0.464 e. The van der Waals surface area contributed by atoms with Crippen LogP contribution in [0.15, 0.2) is 28.9 Å². The number of hydrogen-bond acceptors (Lipinski definition) is 2. The molecule has 0 saturated heterocycles. The van der Waals surface area contributed by atoms with Crippen LogP contribution in [0.2, 0.25) is 5.02 Å². The Morgan fingerprint density at radius 3 is 3.00 bits per heavy atom. The summed E-state index contributed by atoms with van der Waals surface area (Å²) in [7, 11) is 0. The zero-order valence-corrected chi connectivity index (χ0v) is 8.58. The van der Waals surface area contributed by atoms with E-state index in [1.54, 1.807) is 6.26 Å². The van der Waals surface area contributed by atoms with Crippen LogP contribution in [-0.4, -0.2) is 11.7 Å². The van der Waals surface area contributed by atoms with Gasteiger partial charge >= 0.3 is 0 Å². The van der Waals surface area contributed by atoms with Crippen molar-refractivity contribution in [3.63, 3.8) is 0 Å². The van der Waals surface area contributed by atoms with Crippen molar-refractivity contribution in [3.05, 3.63) is 35.0 Å². The van der Waals surface area contributed by atoms with Crippen LogP contribution in [0, 0.1) is 0 Å². The first-order valence-corrected chi connectivity index (χ1v) is 4.88. The first-order valence-electron chi connectivity index (χ1n) is 4.50. The number of benzene rings is 1. The van der Waals surface area contributed by atoms with Crippen molar-refractivity contribution < 1.29 is 9.52 Å². The Labute approximate surface area is 87.1 Å². The van der Waals surface area contributed by atoms with Crippen LogP contribution in [-0.2, 0) is 0 Å². The van der Waals surface area contributed by atoms with Crippen molar-refractivity contribution >= 4 is 22.6 Å². The van der Waals surface area contributed by atoms with Crippen LogP contribution in [0.5, 0.6) is 0 Å². The highest BCUT2D eigenvalue weighted by Gasteiger charge is 2.14. The molecule has 0 aliphatic rings. The van der Waals surface area contributed by atoms with Gasteiger partial charge in [0.25, 0.3) is 0 Å². The molecule has 1 aromatic carbocycles. The summed E-state index contributed by atoms with van der Waals surface area (Å²) >= 11 is 6.06. The average Bonchev–Trinajstić information content (AvgIpc) is 2.62. The molecule has 0 aliphatic carbocycles. The van der Waals surface area contributed by atoms with Gasteiger partial charge < -0.3 is 9.52 Å². The van der Waals surface area contributed by atoms with Gasteiger partial charge in [-0.3, -0.25) is 0 Å². The summed E-state index contributed by atoms with van der Waals surface area (Å²) in [5.41, 5.74) is 1.74. The lowest BCUT2D eigenvalue weighted by atomic mass is 10.0. The topological polar surface area (TPSA) is 33.4 Å². The van der Waals surface area contributed by atoms with E-state index < -0.39 is 0 Å². The second kappa shape index (κ2) is 3.64. The molecule has 1 unspecified atom stereocenters. The number of hydrogen-bond donors (Lipinski definition) is 1. The van der Waals surface area contributed by atoms with Crippen LogP contribution >= 0.6 is 11.6 Å². The zero-order valence-electron chi connectivity index (χ0n) is 7.83. The fourth-order valence-corrected chi connectivity index (χ4v) is 1.80. The first-order chi connectivity index (χ1) is 6.74. The van der Waals surface area contributed by atoms with Crippen LogP contribution in [0.25, 0.3) is 11.0 Å². The van der Waals surface area contributed by atoms with E-state index in [0.29, 0.717) is 5.02 Å². The number of aliphatic hydroxyl groups is 1. The van der Waals surface area contributed by atoms with Gasteiger partial charge in [0, 0.05) is 23.5 Å². The van der Waals surface area contributed by atoms with Crippen molar-refractivity contribution in [3.8, 4) is 0 Å². The molecule has 1 aromatic heterocycles. The number of halogens is 1. The largest absolute Gasteiger partial charge is 0.464 e. The van der Waals surface area contributed by atoms with Crippen molar-refractivity contribution in [1.82, 2.24) is 0 Å². The molecule has 14 heavy (non-hydrogen) atoms. The van der Waals surface area contributed by atoms with E-state index >= 15 is 0 Å². The second-order valence-corrected chi connectivity index (χ2v) is 3.79. The van der Waals surface area contributed by atoms with Gasteiger partial charge in [0.05, 0.1) is 11.3 Å². The predicted octanol–water partition coefficient (Wildman–Crippen LogP) is 3.18. The van der Waals surface area contributed by atoms with Gasteiger partial charge in [-0.05, 0) is 12.1 Å². The fourth-order valence-electron chi connectivity index (χ4n) is 1.53. The molecule has 0 aliphatic heterocycles. The van der Waals surface area contributed by atoms with E-state index in [4.69, 9.17) is 21.1 Å². The first kappa shape index (κ1) is 9.56. The Hall–Kier alpha value is -0.990. The molecular weight excluding hydrogens is 200 g/mol. The van der Waals surface area contributed by atoms with Gasteiger partial charge in [0.2, 0.25) is 0 Å². The molecule has 74 valence electrons. The summed E-state index contributed by atoms with van der Waals surface area (Å²) in [6.45, 7) is 2.04.